The second kappa shape index (κ2) is 11.4. The van der Waals surface area contributed by atoms with Gasteiger partial charge < -0.3 is 19.9 Å². The van der Waals surface area contributed by atoms with Gasteiger partial charge >= 0.3 is 0 Å². The Bertz CT molecular complexity index is 357. The van der Waals surface area contributed by atoms with Crippen molar-refractivity contribution >= 4 is 11.8 Å². The first kappa shape index (κ1) is 19.9. The van der Waals surface area contributed by atoms with E-state index in [0.717, 1.165) is 45.8 Å². The number of amides is 2. The van der Waals surface area contributed by atoms with Gasteiger partial charge in [-0.25, -0.2) is 0 Å². The highest BCUT2D eigenvalue weighted by molar-refractivity contribution is 5.77. The SMILES string of the molecule is CC(=O)N(CCCN(C)C)CCC(=O)NCCN1CCOCC1. The van der Waals surface area contributed by atoms with Crippen LogP contribution in [0, 0.1) is 0 Å². The number of ether oxygens (including phenoxy) is 1. The third kappa shape index (κ3) is 9.53. The molecule has 1 saturated heterocycles. The predicted molar refractivity (Wildman–Crippen MR) is 90.3 cm³/mol. The Hall–Kier alpha value is -1.18. The second-order valence-corrected chi connectivity index (χ2v) is 6.22. The topological polar surface area (TPSA) is 65.1 Å². The number of rotatable bonds is 10. The van der Waals surface area contributed by atoms with E-state index < -0.39 is 0 Å². The summed E-state index contributed by atoms with van der Waals surface area (Å²) in [6.45, 7) is 8.61. The molecule has 0 saturated carbocycles. The van der Waals surface area contributed by atoms with Gasteiger partial charge in [0.15, 0.2) is 0 Å². The van der Waals surface area contributed by atoms with E-state index in [-0.39, 0.29) is 11.8 Å². The Kier molecular flexibility index (Phi) is 9.82. The highest BCUT2D eigenvalue weighted by atomic mass is 16.5. The third-order valence-electron chi connectivity index (χ3n) is 3.94. The molecule has 1 N–H and O–H groups in total. The van der Waals surface area contributed by atoms with Crippen molar-refractivity contribution in [2.45, 2.75) is 19.8 Å². The van der Waals surface area contributed by atoms with Gasteiger partial charge in [0.25, 0.3) is 0 Å². The minimum atomic E-state index is 0.0112. The van der Waals surface area contributed by atoms with E-state index in [1.165, 1.54) is 0 Å². The van der Waals surface area contributed by atoms with E-state index in [1.54, 1.807) is 11.8 Å². The average Bonchev–Trinajstić information content (AvgIpc) is 2.51. The van der Waals surface area contributed by atoms with Crippen molar-refractivity contribution in [1.29, 1.82) is 0 Å². The summed E-state index contributed by atoms with van der Waals surface area (Å²) in [7, 11) is 4.03. The molecule has 0 aromatic rings. The minimum absolute atomic E-state index is 0.0112. The Morgan fingerprint density at radius 3 is 2.43 bits per heavy atom. The van der Waals surface area contributed by atoms with Gasteiger partial charge in [-0.2, -0.15) is 0 Å². The summed E-state index contributed by atoms with van der Waals surface area (Å²) in [5.41, 5.74) is 0. The summed E-state index contributed by atoms with van der Waals surface area (Å²) in [6, 6.07) is 0. The molecule has 0 spiro atoms. The van der Waals surface area contributed by atoms with Crippen LogP contribution in [0.2, 0.25) is 0 Å². The van der Waals surface area contributed by atoms with Crippen LogP contribution in [0.25, 0.3) is 0 Å². The van der Waals surface area contributed by atoms with Gasteiger partial charge in [0.2, 0.25) is 11.8 Å². The zero-order chi connectivity index (χ0) is 17.1. The summed E-state index contributed by atoms with van der Waals surface area (Å²) in [5, 5.41) is 2.93. The van der Waals surface area contributed by atoms with Crippen molar-refractivity contribution < 1.29 is 14.3 Å². The maximum absolute atomic E-state index is 11.9. The molecule has 7 heteroatoms. The molecule has 1 aliphatic heterocycles. The maximum atomic E-state index is 11.9. The fourth-order valence-electron chi connectivity index (χ4n) is 2.51. The van der Waals surface area contributed by atoms with Crippen molar-refractivity contribution in [3.63, 3.8) is 0 Å². The molecular weight excluding hydrogens is 296 g/mol. The zero-order valence-corrected chi connectivity index (χ0v) is 14.8. The lowest BCUT2D eigenvalue weighted by atomic mass is 10.3. The van der Waals surface area contributed by atoms with Crippen molar-refractivity contribution in [1.82, 2.24) is 20.0 Å². The van der Waals surface area contributed by atoms with Crippen LogP contribution in [0.4, 0.5) is 0 Å². The first-order valence-corrected chi connectivity index (χ1v) is 8.46. The van der Waals surface area contributed by atoms with Crippen molar-refractivity contribution in [2.24, 2.45) is 0 Å². The summed E-state index contributed by atoms with van der Waals surface area (Å²) >= 11 is 0. The smallest absolute Gasteiger partial charge is 0.221 e. The number of nitrogens with zero attached hydrogens (tertiary/aromatic N) is 3. The zero-order valence-electron chi connectivity index (χ0n) is 14.8. The summed E-state index contributed by atoms with van der Waals surface area (Å²) in [6.07, 6.45) is 1.29. The lowest BCUT2D eigenvalue weighted by molar-refractivity contribution is -0.129. The number of carbonyl (C=O) groups excluding carboxylic acids is 2. The van der Waals surface area contributed by atoms with E-state index in [2.05, 4.69) is 15.1 Å². The summed E-state index contributed by atoms with van der Waals surface area (Å²) in [5.74, 6) is 0.0435. The monoisotopic (exact) mass is 328 g/mol. The Labute approximate surface area is 139 Å². The fourth-order valence-corrected chi connectivity index (χ4v) is 2.51. The lowest BCUT2D eigenvalue weighted by Gasteiger charge is -2.26. The maximum Gasteiger partial charge on any atom is 0.221 e. The number of nitrogens with one attached hydrogen (secondary N) is 1. The predicted octanol–water partition coefficient (Wildman–Crippen LogP) is -0.375. The van der Waals surface area contributed by atoms with Crippen LogP contribution in [0.15, 0.2) is 0 Å². The first-order valence-electron chi connectivity index (χ1n) is 8.46. The molecule has 1 heterocycles. The van der Waals surface area contributed by atoms with Crippen molar-refractivity contribution in [2.75, 3.05) is 73.1 Å². The molecule has 134 valence electrons. The quantitative estimate of drug-likeness (QED) is 0.592. The van der Waals surface area contributed by atoms with Crippen LogP contribution in [-0.2, 0) is 14.3 Å². The number of hydrogen-bond acceptors (Lipinski definition) is 5. The van der Waals surface area contributed by atoms with Crippen LogP contribution in [0.5, 0.6) is 0 Å². The Morgan fingerprint density at radius 2 is 1.83 bits per heavy atom. The summed E-state index contributed by atoms with van der Waals surface area (Å²) < 4.78 is 5.29. The molecule has 0 bridgehead atoms. The molecule has 0 atom stereocenters. The van der Waals surface area contributed by atoms with Crippen LogP contribution < -0.4 is 5.32 Å². The molecule has 0 radical (unpaired) electrons. The van der Waals surface area contributed by atoms with Gasteiger partial charge in [0.1, 0.15) is 0 Å². The Balaban J connectivity index is 2.14. The molecule has 0 aliphatic carbocycles. The molecule has 23 heavy (non-hydrogen) atoms. The van der Waals surface area contributed by atoms with Crippen LogP contribution >= 0.6 is 0 Å². The van der Waals surface area contributed by atoms with Crippen LogP contribution in [0.1, 0.15) is 19.8 Å². The average molecular weight is 328 g/mol. The van der Waals surface area contributed by atoms with E-state index in [4.69, 9.17) is 4.74 Å². The van der Waals surface area contributed by atoms with Gasteiger partial charge in [-0.3, -0.25) is 14.5 Å². The Morgan fingerprint density at radius 1 is 1.13 bits per heavy atom. The summed E-state index contributed by atoms with van der Waals surface area (Å²) in [4.78, 5) is 29.6. The molecule has 0 unspecified atom stereocenters. The van der Waals surface area contributed by atoms with E-state index >= 15 is 0 Å². The highest BCUT2D eigenvalue weighted by Crippen LogP contribution is 1.98. The first-order chi connectivity index (χ1) is 11.0. The van der Waals surface area contributed by atoms with Crippen molar-refractivity contribution in [3.8, 4) is 0 Å². The number of morpholine rings is 1. The third-order valence-corrected chi connectivity index (χ3v) is 3.94. The number of carbonyl (C=O) groups is 2. The van der Waals surface area contributed by atoms with Crippen LogP contribution in [-0.4, -0.2) is 99.6 Å². The number of hydrogen-bond donors (Lipinski definition) is 1. The fraction of sp³-hybridized carbons (Fsp3) is 0.875. The lowest BCUT2D eigenvalue weighted by Crippen LogP contribution is -2.42. The van der Waals surface area contributed by atoms with Gasteiger partial charge in [-0.1, -0.05) is 0 Å². The van der Waals surface area contributed by atoms with Crippen molar-refractivity contribution in [3.05, 3.63) is 0 Å². The van der Waals surface area contributed by atoms with E-state index in [0.29, 0.717) is 26.1 Å². The molecule has 2 amide bonds. The van der Waals surface area contributed by atoms with E-state index in [1.807, 2.05) is 14.1 Å². The molecule has 7 nitrogen and oxygen atoms in total. The van der Waals surface area contributed by atoms with Gasteiger partial charge in [-0.15, -0.1) is 0 Å². The molecule has 0 aromatic carbocycles. The highest BCUT2D eigenvalue weighted by Gasteiger charge is 2.12. The van der Waals surface area contributed by atoms with Crippen LogP contribution in [0.3, 0.4) is 0 Å². The normalized spacial score (nSPS) is 15.7. The molecule has 1 fully saturated rings. The van der Waals surface area contributed by atoms with Gasteiger partial charge in [-0.05, 0) is 27.1 Å². The standard InChI is InChI=1S/C16H32N4O3/c1-15(21)20(8-4-7-18(2)3)9-5-16(22)17-6-10-19-11-13-23-14-12-19/h4-14H2,1-3H3,(H,17,22). The van der Waals surface area contributed by atoms with E-state index in [9.17, 15) is 9.59 Å². The molecule has 1 rings (SSSR count). The second-order valence-electron chi connectivity index (χ2n) is 6.22. The van der Waals surface area contributed by atoms with Gasteiger partial charge in [0, 0.05) is 52.6 Å². The van der Waals surface area contributed by atoms with Gasteiger partial charge in [0.05, 0.1) is 13.2 Å². The minimum Gasteiger partial charge on any atom is -0.379 e. The largest absolute Gasteiger partial charge is 0.379 e. The molecule has 1 aliphatic rings. The molecule has 0 aromatic heterocycles. The molecular formula is C16H32N4O3.